The van der Waals surface area contributed by atoms with Gasteiger partial charge in [-0.15, -0.1) is 5.10 Å². The molecule has 1 aliphatic rings. The molecule has 2 aromatic carbocycles. The number of rotatable bonds is 4. The van der Waals surface area contributed by atoms with Crippen molar-refractivity contribution in [2.75, 3.05) is 18.6 Å². The average molecular weight is 351 g/mol. The van der Waals surface area contributed by atoms with E-state index < -0.39 is 0 Å². The molecule has 25 heavy (non-hydrogen) atoms. The molecule has 0 unspecified atom stereocenters. The van der Waals surface area contributed by atoms with E-state index in [2.05, 4.69) is 10.2 Å². The van der Waals surface area contributed by atoms with Crippen LogP contribution in [0, 0.1) is 0 Å². The Morgan fingerprint density at radius 3 is 2.84 bits per heavy atom. The summed E-state index contributed by atoms with van der Waals surface area (Å²) in [4.78, 5) is 14.7. The summed E-state index contributed by atoms with van der Waals surface area (Å²) in [6.07, 6.45) is 2.52. The molecule has 5 nitrogen and oxygen atoms in total. The van der Waals surface area contributed by atoms with Gasteiger partial charge >= 0.3 is 0 Å². The fraction of sp³-hybridized carbons (Fsp3) is 0.211. The van der Waals surface area contributed by atoms with Crippen molar-refractivity contribution in [3.8, 4) is 5.75 Å². The minimum Gasteiger partial charge on any atom is -0.495 e. The maximum absolute atomic E-state index is 12.9. The summed E-state index contributed by atoms with van der Waals surface area (Å²) in [6.45, 7) is 0.676. The van der Waals surface area contributed by atoms with Gasteiger partial charge in [-0.25, -0.2) is 0 Å². The zero-order chi connectivity index (χ0) is 17.2. The number of ether oxygens (including phenoxy) is 1. The maximum atomic E-state index is 12.9. The van der Waals surface area contributed by atoms with Crippen LogP contribution in [0.25, 0.3) is 10.8 Å². The molecule has 1 amide bonds. The summed E-state index contributed by atoms with van der Waals surface area (Å²) in [7, 11) is 1.62. The van der Waals surface area contributed by atoms with E-state index >= 15 is 0 Å². The van der Waals surface area contributed by atoms with Crippen molar-refractivity contribution in [3.63, 3.8) is 0 Å². The molecule has 0 bridgehead atoms. The van der Waals surface area contributed by atoms with E-state index in [0.717, 1.165) is 27.9 Å². The number of hydrogen-bond donors (Lipinski definition) is 0. The molecule has 2 heterocycles. The number of amides is 1. The van der Waals surface area contributed by atoms with Gasteiger partial charge in [0.25, 0.3) is 0 Å². The second kappa shape index (κ2) is 6.72. The molecular weight excluding hydrogens is 334 g/mol. The van der Waals surface area contributed by atoms with E-state index in [1.165, 1.54) is 11.8 Å². The predicted molar refractivity (Wildman–Crippen MR) is 99.1 cm³/mol. The summed E-state index contributed by atoms with van der Waals surface area (Å²) in [5.74, 6) is 0.802. The molecule has 4 rings (SSSR count). The van der Waals surface area contributed by atoms with Crippen molar-refractivity contribution in [3.05, 3.63) is 54.7 Å². The number of carbonyl (C=O) groups excluding carboxylic acids is 1. The normalized spacial score (nSPS) is 17.2. The van der Waals surface area contributed by atoms with Crippen molar-refractivity contribution in [1.82, 2.24) is 10.2 Å². The van der Waals surface area contributed by atoms with Crippen LogP contribution in [0.1, 0.15) is 6.42 Å². The minimum atomic E-state index is -0.162. The third kappa shape index (κ3) is 2.93. The number of para-hydroxylation sites is 2. The van der Waals surface area contributed by atoms with E-state index in [-0.39, 0.29) is 11.2 Å². The zero-order valence-corrected chi connectivity index (χ0v) is 14.6. The molecule has 0 saturated carbocycles. The maximum Gasteiger partial charge on any atom is 0.240 e. The van der Waals surface area contributed by atoms with Crippen molar-refractivity contribution in [2.24, 2.45) is 0 Å². The van der Waals surface area contributed by atoms with E-state index in [1.54, 1.807) is 18.2 Å². The van der Waals surface area contributed by atoms with Crippen molar-refractivity contribution in [2.45, 2.75) is 16.7 Å². The zero-order valence-electron chi connectivity index (χ0n) is 13.8. The lowest BCUT2D eigenvalue weighted by molar-refractivity contribution is -0.116. The first-order valence-electron chi connectivity index (χ1n) is 8.09. The smallest absolute Gasteiger partial charge is 0.240 e. The number of hydrogen-bond acceptors (Lipinski definition) is 5. The van der Waals surface area contributed by atoms with Gasteiger partial charge in [0, 0.05) is 17.3 Å². The second-order valence-corrected chi connectivity index (χ2v) is 6.99. The first kappa shape index (κ1) is 15.9. The lowest BCUT2D eigenvalue weighted by Crippen LogP contribution is -2.28. The molecule has 0 spiro atoms. The van der Waals surface area contributed by atoms with E-state index in [1.807, 2.05) is 48.5 Å². The van der Waals surface area contributed by atoms with Gasteiger partial charge in [-0.2, -0.15) is 5.10 Å². The molecule has 1 aromatic heterocycles. The fourth-order valence-electron chi connectivity index (χ4n) is 3.08. The topological polar surface area (TPSA) is 55.3 Å². The van der Waals surface area contributed by atoms with Gasteiger partial charge in [0.05, 0.1) is 24.2 Å². The van der Waals surface area contributed by atoms with Crippen molar-refractivity contribution >= 4 is 34.1 Å². The van der Waals surface area contributed by atoms with E-state index in [0.29, 0.717) is 12.3 Å². The second-order valence-electron chi connectivity index (χ2n) is 5.79. The summed E-state index contributed by atoms with van der Waals surface area (Å²) in [5, 5.41) is 11.0. The lowest BCUT2D eigenvalue weighted by atomic mass is 10.2. The molecule has 0 aliphatic carbocycles. The van der Waals surface area contributed by atoms with Gasteiger partial charge in [0.15, 0.2) is 0 Å². The van der Waals surface area contributed by atoms with Gasteiger partial charge in [0.1, 0.15) is 10.8 Å². The molecule has 6 heteroatoms. The number of benzene rings is 2. The highest BCUT2D eigenvalue weighted by molar-refractivity contribution is 8.00. The Hall–Kier alpha value is -2.60. The highest BCUT2D eigenvalue weighted by atomic mass is 32.2. The Morgan fingerprint density at radius 2 is 1.96 bits per heavy atom. The Bertz CT molecular complexity index is 926. The number of aromatic nitrogens is 2. The number of thioether (sulfide) groups is 1. The third-order valence-electron chi connectivity index (χ3n) is 4.32. The molecule has 1 aliphatic heterocycles. The first-order chi connectivity index (χ1) is 12.3. The molecule has 0 radical (unpaired) electrons. The first-order valence-corrected chi connectivity index (χ1v) is 8.97. The summed E-state index contributed by atoms with van der Waals surface area (Å²) in [6, 6.07) is 15.6. The van der Waals surface area contributed by atoms with E-state index in [4.69, 9.17) is 4.74 Å². The summed E-state index contributed by atoms with van der Waals surface area (Å²) < 4.78 is 5.39. The Labute approximate surface area is 150 Å². The van der Waals surface area contributed by atoms with Crippen LogP contribution in [0.4, 0.5) is 5.69 Å². The van der Waals surface area contributed by atoms with Crippen molar-refractivity contribution in [1.29, 1.82) is 0 Å². The van der Waals surface area contributed by atoms with Crippen LogP contribution in [-0.2, 0) is 4.79 Å². The van der Waals surface area contributed by atoms with Crippen LogP contribution in [0.15, 0.2) is 59.8 Å². The van der Waals surface area contributed by atoms with Crippen LogP contribution >= 0.6 is 11.8 Å². The van der Waals surface area contributed by atoms with Crippen LogP contribution < -0.4 is 9.64 Å². The lowest BCUT2D eigenvalue weighted by Gasteiger charge is -2.19. The number of methoxy groups -OCH3 is 1. The molecular formula is C19H17N3O2S. The van der Waals surface area contributed by atoms with E-state index in [9.17, 15) is 4.79 Å². The largest absolute Gasteiger partial charge is 0.495 e. The highest BCUT2D eigenvalue weighted by Gasteiger charge is 2.35. The number of anilines is 1. The average Bonchev–Trinajstić information content (AvgIpc) is 3.02. The fourth-order valence-corrected chi connectivity index (χ4v) is 4.21. The van der Waals surface area contributed by atoms with Crippen LogP contribution in [0.3, 0.4) is 0 Å². The van der Waals surface area contributed by atoms with Gasteiger partial charge < -0.3 is 9.64 Å². The Kier molecular flexibility index (Phi) is 4.28. The van der Waals surface area contributed by atoms with Crippen LogP contribution in [-0.4, -0.2) is 35.0 Å². The molecule has 3 aromatic rings. The summed E-state index contributed by atoms with van der Waals surface area (Å²) >= 11 is 1.50. The molecule has 1 atom stereocenters. The Balaban J connectivity index is 1.60. The van der Waals surface area contributed by atoms with Crippen LogP contribution in [0.5, 0.6) is 5.75 Å². The molecule has 0 N–H and O–H groups in total. The predicted octanol–water partition coefficient (Wildman–Crippen LogP) is 3.54. The van der Waals surface area contributed by atoms with Gasteiger partial charge in [-0.05, 0) is 18.6 Å². The van der Waals surface area contributed by atoms with Crippen molar-refractivity contribution < 1.29 is 9.53 Å². The molecule has 1 saturated heterocycles. The van der Waals surface area contributed by atoms with Gasteiger partial charge in [-0.1, -0.05) is 48.2 Å². The third-order valence-corrected chi connectivity index (χ3v) is 5.57. The SMILES string of the molecule is COc1ccccc1N1CC[C@H](Sc2nncc3ccccc23)C1=O. The number of carbonyl (C=O) groups is 1. The Morgan fingerprint density at radius 1 is 1.16 bits per heavy atom. The summed E-state index contributed by atoms with van der Waals surface area (Å²) in [5.41, 5.74) is 0.821. The molecule has 126 valence electrons. The van der Waals surface area contributed by atoms with Gasteiger partial charge in [-0.3, -0.25) is 4.79 Å². The van der Waals surface area contributed by atoms with Crippen LogP contribution in [0.2, 0.25) is 0 Å². The number of fused-ring (bicyclic) bond motifs is 1. The standard InChI is InChI=1S/C19H17N3O2S/c1-24-16-9-5-4-8-15(16)22-11-10-17(19(22)23)25-18-14-7-3-2-6-13(14)12-20-21-18/h2-9,12,17H,10-11H2,1H3/t17-/m0/s1. The molecule has 1 fully saturated rings. The number of nitrogens with zero attached hydrogens (tertiary/aromatic N) is 3. The van der Waals surface area contributed by atoms with Gasteiger partial charge in [0.2, 0.25) is 5.91 Å². The monoisotopic (exact) mass is 351 g/mol. The highest BCUT2D eigenvalue weighted by Crippen LogP contribution is 2.37. The quantitative estimate of drug-likeness (QED) is 0.720. The minimum absolute atomic E-state index is 0.0873.